The van der Waals surface area contributed by atoms with Crippen LogP contribution in [0.15, 0.2) is 0 Å². The van der Waals surface area contributed by atoms with E-state index in [4.69, 9.17) is 9.47 Å². The van der Waals surface area contributed by atoms with E-state index in [0.29, 0.717) is 0 Å². The van der Waals surface area contributed by atoms with Gasteiger partial charge in [-0.05, 0) is 0 Å². The van der Waals surface area contributed by atoms with Gasteiger partial charge in [0.25, 0.3) is 0 Å². The van der Waals surface area contributed by atoms with E-state index in [-0.39, 0.29) is 6.15 Å². The Labute approximate surface area is 43.2 Å². The van der Waals surface area contributed by atoms with Crippen molar-refractivity contribution in [2.24, 2.45) is 0 Å². The lowest BCUT2D eigenvalue weighted by atomic mass is 10.6. The summed E-state index contributed by atoms with van der Waals surface area (Å²) in [5.41, 5.74) is 0. The summed E-state index contributed by atoms with van der Waals surface area (Å²) in [6, 6.07) is 0. The predicted molar refractivity (Wildman–Crippen MR) is 23.8 cm³/mol. The van der Waals surface area contributed by atoms with Gasteiger partial charge in [-0.15, -0.1) is 0 Å². The minimum absolute atomic E-state index is 0. The monoisotopic (exact) mass is 102 g/mol. The van der Waals surface area contributed by atoms with Gasteiger partial charge in [0.05, 0.1) is 26.4 Å². The third kappa shape index (κ3) is 2.56. The Hall–Kier alpha value is -0.120. The van der Waals surface area contributed by atoms with E-state index in [1.807, 2.05) is 0 Å². The summed E-state index contributed by atoms with van der Waals surface area (Å²) in [7, 11) is 0. The highest BCUT2D eigenvalue weighted by atomic mass is 16.6. The topological polar surface area (TPSA) is 49.0 Å². The van der Waals surface area contributed by atoms with Crippen molar-refractivity contribution in [3.63, 3.8) is 0 Å². The Bertz CT molecular complexity index is 25.2. The van der Waals surface area contributed by atoms with Crippen LogP contribution in [0.5, 0.6) is 0 Å². The van der Waals surface area contributed by atoms with Crippen molar-refractivity contribution in [3.05, 3.63) is 0 Å². The number of hydrogen-bond donors (Lipinski definition) is 0. The molecule has 1 aliphatic rings. The maximum Gasteiger partial charge on any atom is 0.0701 e. The molecule has 0 atom stereocenters. The van der Waals surface area contributed by atoms with E-state index in [2.05, 4.69) is 0 Å². The first-order chi connectivity index (χ1) is 3.00. The van der Waals surface area contributed by atoms with Crippen molar-refractivity contribution < 1.29 is 9.47 Å². The van der Waals surface area contributed by atoms with E-state index in [1.54, 1.807) is 0 Å². The maximum atomic E-state index is 4.94. The van der Waals surface area contributed by atoms with Gasteiger partial charge in [-0.2, -0.15) is 0 Å². The fraction of sp³-hybridized carbons (Fsp3) is 1.00. The van der Waals surface area contributed by atoms with Gasteiger partial charge in [-0.1, -0.05) is 0 Å². The van der Waals surface area contributed by atoms with Gasteiger partial charge in [0.2, 0.25) is 0 Å². The Kier molecular flexibility index (Phi) is 3.98. The molecule has 0 bridgehead atoms. The molecule has 1 saturated heterocycles. The van der Waals surface area contributed by atoms with Crippen LogP contribution in [0.2, 0.25) is 0 Å². The van der Waals surface area contributed by atoms with Gasteiger partial charge in [0.1, 0.15) is 0 Å². The average Bonchev–Trinajstić information content (AvgIpc) is 1.72. The van der Waals surface area contributed by atoms with Crippen LogP contribution in [0, 0.1) is 0 Å². The van der Waals surface area contributed by atoms with E-state index in [9.17, 15) is 0 Å². The first-order valence-electron chi connectivity index (χ1n) is 2.15. The molecule has 0 amide bonds. The normalized spacial score (nSPS) is 20.6. The zero-order chi connectivity index (χ0) is 4.24. The summed E-state index contributed by atoms with van der Waals surface area (Å²) < 4.78 is 9.89. The second kappa shape index (κ2) is 4.05. The number of rotatable bonds is 0. The van der Waals surface area contributed by atoms with Crippen LogP contribution in [0.3, 0.4) is 0 Å². The van der Waals surface area contributed by atoms with Gasteiger partial charge in [-0.25, -0.2) is 0 Å². The Morgan fingerprint density at radius 3 is 1.14 bits per heavy atom. The zero-order valence-electron chi connectivity index (χ0n) is 4.09. The number of ether oxygens (including phenoxy) is 2. The van der Waals surface area contributed by atoms with Gasteiger partial charge < -0.3 is 9.47 Å². The molecule has 1 rings (SSSR count). The quantitative estimate of drug-likeness (QED) is 0.416. The summed E-state index contributed by atoms with van der Waals surface area (Å²) in [4.78, 5) is 0. The Balaban J connectivity index is 0.000000360. The van der Waals surface area contributed by atoms with Crippen LogP contribution in [-0.2, 0) is 9.47 Å². The molecule has 1 fully saturated rings. The predicted octanol–water partition coefficient (Wildman–Crippen LogP) is -0.447. The molecular formula is C4H8NO2. The summed E-state index contributed by atoms with van der Waals surface area (Å²) >= 11 is 0. The van der Waals surface area contributed by atoms with Gasteiger partial charge in [-0.3, -0.25) is 0 Å². The molecule has 7 heavy (non-hydrogen) atoms. The maximum absolute atomic E-state index is 4.94. The highest BCUT2D eigenvalue weighted by molar-refractivity contribution is 4.37. The minimum atomic E-state index is 0. The SMILES string of the molecule is C1COCCO1.[N]. The second-order valence-corrected chi connectivity index (χ2v) is 1.22. The summed E-state index contributed by atoms with van der Waals surface area (Å²) in [6.45, 7) is 3.11. The van der Waals surface area contributed by atoms with Crippen LogP contribution in [-0.4, -0.2) is 26.4 Å². The molecule has 1 heterocycles. The molecule has 0 aromatic heterocycles. The average molecular weight is 102 g/mol. The van der Waals surface area contributed by atoms with Gasteiger partial charge >= 0.3 is 0 Å². The third-order valence-electron chi connectivity index (χ3n) is 0.744. The standard InChI is InChI=1S/C4H8O2.N/c1-2-6-4-3-5-1;/h1-4H2;. The lowest BCUT2D eigenvalue weighted by molar-refractivity contribution is -0.0334. The number of hydrogen-bond acceptors (Lipinski definition) is 2. The molecule has 0 saturated carbocycles. The molecule has 3 heteroatoms. The lowest BCUT2D eigenvalue weighted by Crippen LogP contribution is -2.16. The van der Waals surface area contributed by atoms with Crippen molar-refractivity contribution >= 4 is 0 Å². The van der Waals surface area contributed by atoms with Crippen LogP contribution in [0.1, 0.15) is 0 Å². The molecule has 0 aromatic carbocycles. The van der Waals surface area contributed by atoms with Crippen LogP contribution >= 0.6 is 0 Å². The molecular weight excluding hydrogens is 94.0 g/mol. The van der Waals surface area contributed by atoms with Crippen LogP contribution in [0.4, 0.5) is 0 Å². The van der Waals surface area contributed by atoms with Crippen LogP contribution < -0.4 is 6.15 Å². The highest BCUT2D eigenvalue weighted by Gasteiger charge is 1.94. The molecule has 0 N–H and O–H groups in total. The van der Waals surface area contributed by atoms with Crippen molar-refractivity contribution in [2.45, 2.75) is 0 Å². The first kappa shape index (κ1) is 6.88. The molecule has 0 aromatic rings. The van der Waals surface area contributed by atoms with Crippen LogP contribution in [0.25, 0.3) is 0 Å². The zero-order valence-corrected chi connectivity index (χ0v) is 4.09. The third-order valence-corrected chi connectivity index (χ3v) is 0.744. The minimum Gasteiger partial charge on any atom is -0.377 e. The van der Waals surface area contributed by atoms with Crippen molar-refractivity contribution in [3.8, 4) is 0 Å². The molecule has 41 valence electrons. The summed E-state index contributed by atoms with van der Waals surface area (Å²) in [6.07, 6.45) is 0. The largest absolute Gasteiger partial charge is 0.377 e. The Morgan fingerprint density at radius 1 is 0.714 bits per heavy atom. The highest BCUT2D eigenvalue weighted by Crippen LogP contribution is 1.85. The second-order valence-electron chi connectivity index (χ2n) is 1.22. The van der Waals surface area contributed by atoms with Crippen molar-refractivity contribution in [1.82, 2.24) is 6.15 Å². The van der Waals surface area contributed by atoms with E-state index in [0.717, 1.165) is 26.4 Å². The molecule has 0 aliphatic carbocycles. The summed E-state index contributed by atoms with van der Waals surface area (Å²) in [5.74, 6) is 0. The smallest absolute Gasteiger partial charge is 0.0701 e. The van der Waals surface area contributed by atoms with Gasteiger partial charge in [0, 0.05) is 6.15 Å². The first-order valence-corrected chi connectivity index (χ1v) is 2.15. The van der Waals surface area contributed by atoms with Crippen molar-refractivity contribution in [1.29, 1.82) is 0 Å². The lowest BCUT2D eigenvalue weighted by Gasteiger charge is -2.09. The number of nitrogens with zero attached hydrogens (tertiary/aromatic N) is 1. The fourth-order valence-electron chi connectivity index (χ4n) is 0.440. The Morgan fingerprint density at radius 2 is 1.00 bits per heavy atom. The van der Waals surface area contributed by atoms with E-state index >= 15 is 0 Å². The fourth-order valence-corrected chi connectivity index (χ4v) is 0.440. The molecule has 3 nitrogen and oxygen atoms in total. The molecule has 0 spiro atoms. The van der Waals surface area contributed by atoms with E-state index in [1.165, 1.54) is 0 Å². The molecule has 1 aliphatic heterocycles. The molecule has 0 unspecified atom stereocenters. The van der Waals surface area contributed by atoms with Crippen molar-refractivity contribution in [2.75, 3.05) is 26.4 Å². The van der Waals surface area contributed by atoms with E-state index < -0.39 is 0 Å². The molecule has 3 radical (unpaired) electrons. The van der Waals surface area contributed by atoms with Gasteiger partial charge in [0.15, 0.2) is 0 Å². The summed E-state index contributed by atoms with van der Waals surface area (Å²) in [5, 5.41) is 0.